The van der Waals surface area contributed by atoms with Crippen LogP contribution in [0, 0.1) is 0 Å². The van der Waals surface area contributed by atoms with Crippen molar-refractivity contribution in [2.45, 2.75) is 13.0 Å². The molecule has 128 valence electrons. The first-order chi connectivity index (χ1) is 12.8. The van der Waals surface area contributed by atoms with Gasteiger partial charge in [0.1, 0.15) is 0 Å². The number of benzene rings is 2. The van der Waals surface area contributed by atoms with E-state index in [1.165, 1.54) is 0 Å². The minimum atomic E-state index is -0.0254. The van der Waals surface area contributed by atoms with Gasteiger partial charge in [0, 0.05) is 30.5 Å². The molecule has 26 heavy (non-hydrogen) atoms. The molecule has 0 atom stereocenters. The van der Waals surface area contributed by atoms with Gasteiger partial charge in [0.15, 0.2) is 0 Å². The Morgan fingerprint density at radius 3 is 2.81 bits per heavy atom. The van der Waals surface area contributed by atoms with Crippen LogP contribution >= 0.6 is 0 Å². The first kappa shape index (κ1) is 16.0. The van der Waals surface area contributed by atoms with Gasteiger partial charge in [0.25, 0.3) is 0 Å². The van der Waals surface area contributed by atoms with Gasteiger partial charge in [-0.1, -0.05) is 36.4 Å². The van der Waals surface area contributed by atoms with Crippen LogP contribution in [0.5, 0.6) is 0 Å². The Bertz CT molecular complexity index is 1040. The quantitative estimate of drug-likeness (QED) is 0.605. The second-order valence-corrected chi connectivity index (χ2v) is 6.09. The number of hydrogen-bond donors (Lipinski definition) is 1. The minimum Gasteiger partial charge on any atom is -0.352 e. The highest BCUT2D eigenvalue weighted by molar-refractivity contribution is 5.82. The molecule has 0 spiro atoms. The zero-order valence-electron chi connectivity index (χ0n) is 14.2. The molecule has 2 aromatic carbocycles. The average Bonchev–Trinajstić information content (AvgIpc) is 3.21. The van der Waals surface area contributed by atoms with Crippen LogP contribution in [0.25, 0.3) is 16.6 Å². The lowest BCUT2D eigenvalue weighted by Gasteiger charge is -2.11. The lowest BCUT2D eigenvalue weighted by Crippen LogP contribution is -2.25. The molecular formula is C21H18N4O. The summed E-state index contributed by atoms with van der Waals surface area (Å²) in [6.45, 7) is 0.466. The summed E-state index contributed by atoms with van der Waals surface area (Å²) in [5.74, 6) is -0.0254. The van der Waals surface area contributed by atoms with Crippen molar-refractivity contribution >= 4 is 16.8 Å². The van der Waals surface area contributed by atoms with Gasteiger partial charge in [-0.3, -0.25) is 9.78 Å². The highest BCUT2D eigenvalue weighted by atomic mass is 16.1. The van der Waals surface area contributed by atoms with Crippen molar-refractivity contribution in [3.8, 4) is 5.69 Å². The van der Waals surface area contributed by atoms with E-state index in [2.05, 4.69) is 15.3 Å². The third-order valence-electron chi connectivity index (χ3n) is 4.26. The molecule has 0 unspecified atom stereocenters. The van der Waals surface area contributed by atoms with E-state index >= 15 is 0 Å². The normalized spacial score (nSPS) is 10.8. The topological polar surface area (TPSA) is 59.8 Å². The molecule has 5 nitrogen and oxygen atoms in total. The van der Waals surface area contributed by atoms with Crippen molar-refractivity contribution in [2.75, 3.05) is 0 Å². The molecule has 4 rings (SSSR count). The monoisotopic (exact) mass is 342 g/mol. The molecule has 0 fully saturated rings. The van der Waals surface area contributed by atoms with Crippen LogP contribution in [0.2, 0.25) is 0 Å². The molecule has 0 saturated carbocycles. The fraction of sp³-hybridized carbons (Fsp3) is 0.0952. The van der Waals surface area contributed by atoms with Crippen molar-refractivity contribution in [2.24, 2.45) is 0 Å². The summed E-state index contributed by atoms with van der Waals surface area (Å²) in [5, 5.41) is 4.04. The summed E-state index contributed by atoms with van der Waals surface area (Å²) in [7, 11) is 0. The number of amides is 1. The molecule has 0 bridgehead atoms. The maximum absolute atomic E-state index is 12.4. The van der Waals surface area contributed by atoms with E-state index < -0.39 is 0 Å². The Kier molecular flexibility index (Phi) is 4.43. The Balaban J connectivity index is 1.44. The Hall–Kier alpha value is -3.47. The van der Waals surface area contributed by atoms with Crippen molar-refractivity contribution in [3.05, 3.63) is 90.6 Å². The summed E-state index contributed by atoms with van der Waals surface area (Å²) in [6.07, 6.45) is 7.46. The fourth-order valence-electron chi connectivity index (χ4n) is 2.97. The summed E-state index contributed by atoms with van der Waals surface area (Å²) >= 11 is 0. The maximum Gasteiger partial charge on any atom is 0.224 e. The number of para-hydroxylation sites is 2. The van der Waals surface area contributed by atoms with Crippen LogP contribution in [0.4, 0.5) is 0 Å². The first-order valence-corrected chi connectivity index (χ1v) is 8.46. The molecule has 0 aliphatic rings. The van der Waals surface area contributed by atoms with Crippen LogP contribution in [0.1, 0.15) is 11.1 Å². The van der Waals surface area contributed by atoms with Gasteiger partial charge in [-0.2, -0.15) is 0 Å². The highest BCUT2D eigenvalue weighted by Gasteiger charge is 2.08. The van der Waals surface area contributed by atoms with E-state index in [0.717, 1.165) is 27.7 Å². The van der Waals surface area contributed by atoms with Crippen molar-refractivity contribution < 1.29 is 4.79 Å². The second kappa shape index (κ2) is 7.19. The Morgan fingerprint density at radius 2 is 1.92 bits per heavy atom. The van der Waals surface area contributed by atoms with E-state index in [9.17, 15) is 4.79 Å². The average molecular weight is 342 g/mol. The first-order valence-electron chi connectivity index (χ1n) is 8.46. The van der Waals surface area contributed by atoms with Gasteiger partial charge in [-0.05, 0) is 29.3 Å². The van der Waals surface area contributed by atoms with Gasteiger partial charge in [0.2, 0.25) is 5.91 Å². The molecule has 2 heterocycles. The van der Waals surface area contributed by atoms with Crippen LogP contribution < -0.4 is 5.32 Å². The fourth-order valence-corrected chi connectivity index (χ4v) is 2.97. The number of aromatic nitrogens is 3. The van der Waals surface area contributed by atoms with Gasteiger partial charge in [0.05, 0.1) is 24.0 Å². The van der Waals surface area contributed by atoms with E-state index in [1.807, 2.05) is 65.4 Å². The molecule has 1 N–H and O–H groups in total. The molecular weight excluding hydrogens is 324 g/mol. The van der Waals surface area contributed by atoms with E-state index in [4.69, 9.17) is 0 Å². The zero-order valence-corrected chi connectivity index (χ0v) is 14.2. The van der Waals surface area contributed by atoms with Crippen molar-refractivity contribution in [1.29, 1.82) is 0 Å². The van der Waals surface area contributed by atoms with Gasteiger partial charge < -0.3 is 9.88 Å². The highest BCUT2D eigenvalue weighted by Crippen LogP contribution is 2.15. The maximum atomic E-state index is 12.4. The van der Waals surface area contributed by atoms with Crippen molar-refractivity contribution in [3.63, 3.8) is 0 Å². The van der Waals surface area contributed by atoms with Gasteiger partial charge >= 0.3 is 0 Å². The van der Waals surface area contributed by atoms with E-state index in [1.54, 1.807) is 18.7 Å². The number of pyridine rings is 1. The molecule has 0 aliphatic carbocycles. The molecule has 0 aliphatic heterocycles. The van der Waals surface area contributed by atoms with E-state index in [0.29, 0.717) is 13.0 Å². The van der Waals surface area contributed by atoms with Crippen LogP contribution in [-0.2, 0) is 17.8 Å². The zero-order chi connectivity index (χ0) is 17.8. The molecule has 2 aromatic heterocycles. The molecule has 5 heteroatoms. The predicted octanol–water partition coefficient (Wildman–Crippen LogP) is 3.28. The number of hydrogen-bond acceptors (Lipinski definition) is 3. The number of nitrogens with zero attached hydrogens (tertiary/aromatic N) is 3. The number of carbonyl (C=O) groups is 1. The number of nitrogens with one attached hydrogen (secondary N) is 1. The number of imidazole rings is 1. The molecule has 4 aromatic rings. The van der Waals surface area contributed by atoms with Crippen LogP contribution in [-0.4, -0.2) is 20.4 Å². The summed E-state index contributed by atoms with van der Waals surface area (Å²) in [6, 6.07) is 17.9. The molecule has 1 amide bonds. The number of carbonyl (C=O) groups excluding carboxylic acids is 1. The third kappa shape index (κ3) is 3.47. The molecule has 0 radical (unpaired) electrons. The second-order valence-electron chi connectivity index (χ2n) is 6.09. The summed E-state index contributed by atoms with van der Waals surface area (Å²) in [4.78, 5) is 20.9. The van der Waals surface area contributed by atoms with Gasteiger partial charge in [-0.25, -0.2) is 4.98 Å². The van der Waals surface area contributed by atoms with E-state index in [-0.39, 0.29) is 5.91 Å². The van der Waals surface area contributed by atoms with Gasteiger partial charge in [-0.15, -0.1) is 0 Å². The smallest absolute Gasteiger partial charge is 0.224 e. The summed E-state index contributed by atoms with van der Waals surface area (Å²) < 4.78 is 1.94. The lowest BCUT2D eigenvalue weighted by molar-refractivity contribution is -0.120. The standard InChI is InChI=1S/C21H18N4O/c26-21(12-16-11-17-5-1-3-7-19(17)23-13-16)24-14-18-6-2-4-8-20(18)25-10-9-22-15-25/h1-11,13,15H,12,14H2,(H,24,26). The number of fused-ring (bicyclic) bond motifs is 1. The largest absolute Gasteiger partial charge is 0.352 e. The van der Waals surface area contributed by atoms with Crippen LogP contribution in [0.15, 0.2) is 79.5 Å². The SMILES string of the molecule is O=C(Cc1cnc2ccccc2c1)NCc1ccccc1-n1ccnc1. The Labute approximate surface area is 151 Å². The lowest BCUT2D eigenvalue weighted by atomic mass is 10.1. The third-order valence-corrected chi connectivity index (χ3v) is 4.26. The van der Waals surface area contributed by atoms with Crippen LogP contribution in [0.3, 0.4) is 0 Å². The Morgan fingerprint density at radius 1 is 1.08 bits per heavy atom. The number of rotatable bonds is 5. The minimum absolute atomic E-state index is 0.0254. The van der Waals surface area contributed by atoms with Crippen molar-refractivity contribution in [1.82, 2.24) is 19.9 Å². The molecule has 0 saturated heterocycles. The summed E-state index contributed by atoms with van der Waals surface area (Å²) in [5.41, 5.74) is 3.89. The predicted molar refractivity (Wildman–Crippen MR) is 101 cm³/mol.